The van der Waals surface area contributed by atoms with Crippen molar-refractivity contribution in [1.82, 2.24) is 14.6 Å². The first-order valence-electron chi connectivity index (χ1n) is 10.2. The zero-order valence-electron chi connectivity index (χ0n) is 18.2. The predicted octanol–water partition coefficient (Wildman–Crippen LogP) is 2.85. The maximum atomic E-state index is 13.2. The Kier molecular flexibility index (Phi) is 6.04. The van der Waals surface area contributed by atoms with Crippen LogP contribution in [-0.2, 0) is 14.8 Å². The van der Waals surface area contributed by atoms with Crippen LogP contribution in [0.25, 0.3) is 10.2 Å². The van der Waals surface area contributed by atoms with Gasteiger partial charge in [-0.15, -0.1) is 0 Å². The van der Waals surface area contributed by atoms with Crippen molar-refractivity contribution in [2.45, 2.75) is 31.2 Å². The van der Waals surface area contributed by atoms with E-state index in [1.165, 1.54) is 19.2 Å². The van der Waals surface area contributed by atoms with E-state index in [4.69, 9.17) is 0 Å². The van der Waals surface area contributed by atoms with E-state index in [2.05, 4.69) is 15.0 Å². The quantitative estimate of drug-likeness (QED) is 0.495. The first kappa shape index (κ1) is 23.0. The Hall–Kier alpha value is -3.15. The van der Waals surface area contributed by atoms with Gasteiger partial charge in [0.2, 0.25) is 15.9 Å². The van der Waals surface area contributed by atoms with Gasteiger partial charge in [-0.2, -0.15) is 0 Å². The van der Waals surface area contributed by atoms with Gasteiger partial charge in [-0.05, 0) is 49.7 Å². The second-order valence-corrected chi connectivity index (χ2v) is 10.9. The van der Waals surface area contributed by atoms with Gasteiger partial charge in [0.05, 0.1) is 26.2 Å². The molecule has 0 saturated carbocycles. The predicted molar refractivity (Wildman–Crippen MR) is 125 cm³/mol. The first-order chi connectivity index (χ1) is 15.6. The monoisotopic (exact) mass is 486 g/mol. The molecule has 1 unspecified atom stereocenters. The van der Waals surface area contributed by atoms with Crippen molar-refractivity contribution in [3.05, 3.63) is 53.6 Å². The maximum absolute atomic E-state index is 13.2. The molecule has 3 aromatic rings. The molecule has 1 aliphatic rings. The van der Waals surface area contributed by atoms with Crippen LogP contribution < -0.4 is 10.0 Å². The highest BCUT2D eigenvalue weighted by Crippen LogP contribution is 2.30. The lowest BCUT2D eigenvalue weighted by molar-refractivity contribution is -0.120. The molecule has 9 nitrogen and oxygen atoms in total. The number of carbonyl (C=O) groups is 3. The number of benzene rings is 2. The molecular weight excluding hydrogens is 464 g/mol. The average Bonchev–Trinajstić information content (AvgIpc) is 3.29. The molecule has 33 heavy (non-hydrogen) atoms. The fourth-order valence-electron chi connectivity index (χ4n) is 3.70. The van der Waals surface area contributed by atoms with Crippen molar-refractivity contribution in [2.75, 3.05) is 12.4 Å². The van der Waals surface area contributed by atoms with E-state index in [-0.39, 0.29) is 33.5 Å². The zero-order valence-corrected chi connectivity index (χ0v) is 19.8. The Morgan fingerprint density at radius 1 is 1.09 bits per heavy atom. The number of anilines is 1. The molecular formula is C22H22N4O5S2. The Morgan fingerprint density at radius 3 is 2.30 bits per heavy atom. The van der Waals surface area contributed by atoms with Crippen molar-refractivity contribution < 1.29 is 22.8 Å². The van der Waals surface area contributed by atoms with Crippen LogP contribution in [0.15, 0.2) is 47.4 Å². The molecule has 0 bridgehead atoms. The highest BCUT2D eigenvalue weighted by molar-refractivity contribution is 7.89. The number of hydrogen-bond acceptors (Lipinski definition) is 7. The van der Waals surface area contributed by atoms with Gasteiger partial charge in [0.1, 0.15) is 6.04 Å². The minimum atomic E-state index is -3.62. The average molecular weight is 487 g/mol. The summed E-state index contributed by atoms with van der Waals surface area (Å²) in [6, 6.07) is 9.95. The van der Waals surface area contributed by atoms with Crippen LogP contribution >= 0.6 is 11.3 Å². The van der Waals surface area contributed by atoms with Crippen LogP contribution in [-0.4, -0.2) is 49.1 Å². The third kappa shape index (κ3) is 4.26. The van der Waals surface area contributed by atoms with E-state index < -0.39 is 33.8 Å². The van der Waals surface area contributed by atoms with Crippen LogP contribution in [0, 0.1) is 5.92 Å². The summed E-state index contributed by atoms with van der Waals surface area (Å²) in [6.07, 6.45) is 0.284. The van der Waals surface area contributed by atoms with Crippen LogP contribution in [0.4, 0.5) is 5.13 Å². The molecule has 1 atom stereocenters. The number of imide groups is 1. The van der Waals surface area contributed by atoms with Crippen molar-refractivity contribution >= 4 is 54.4 Å². The molecule has 172 valence electrons. The summed E-state index contributed by atoms with van der Waals surface area (Å²) >= 11 is 1.11. The molecule has 0 fully saturated rings. The molecule has 0 radical (unpaired) electrons. The molecule has 2 aromatic carbocycles. The summed E-state index contributed by atoms with van der Waals surface area (Å²) in [5.41, 5.74) is 1.08. The number of amides is 3. The second kappa shape index (κ2) is 8.65. The van der Waals surface area contributed by atoms with Gasteiger partial charge in [0, 0.05) is 0 Å². The van der Waals surface area contributed by atoms with Crippen molar-refractivity contribution in [1.29, 1.82) is 0 Å². The number of sulfonamides is 1. The van der Waals surface area contributed by atoms with Crippen LogP contribution in [0.2, 0.25) is 0 Å². The van der Waals surface area contributed by atoms with Crippen molar-refractivity contribution in [3.8, 4) is 0 Å². The minimum Gasteiger partial charge on any atom is -0.300 e. The molecule has 2 heterocycles. The van der Waals surface area contributed by atoms with Gasteiger partial charge in [-0.1, -0.05) is 37.3 Å². The highest BCUT2D eigenvalue weighted by atomic mass is 32.2. The van der Waals surface area contributed by atoms with E-state index in [0.717, 1.165) is 16.2 Å². The van der Waals surface area contributed by atoms with Crippen LogP contribution in [0.1, 0.15) is 41.0 Å². The standard InChI is InChI=1S/C22H22N4O5S2/c1-12(2)10-17(26-20(28)14-6-4-5-7-15(14)21(26)29)19(27)25-22-24-16-9-8-13(11-18(16)32-22)33(30,31)23-3/h4-9,11-12,17,23H,10H2,1-3H3,(H,24,25,27). The Labute approximate surface area is 194 Å². The Morgan fingerprint density at radius 2 is 1.73 bits per heavy atom. The molecule has 1 aliphatic heterocycles. The molecule has 0 saturated heterocycles. The third-order valence-corrected chi connectivity index (χ3v) is 7.65. The molecule has 4 rings (SSSR count). The number of carbonyl (C=O) groups excluding carboxylic acids is 3. The Bertz CT molecular complexity index is 1350. The molecule has 11 heteroatoms. The zero-order chi connectivity index (χ0) is 23.9. The lowest BCUT2D eigenvalue weighted by atomic mass is 10.0. The highest BCUT2D eigenvalue weighted by Gasteiger charge is 2.42. The van der Waals surface area contributed by atoms with E-state index in [1.807, 2.05) is 13.8 Å². The van der Waals surface area contributed by atoms with Gasteiger partial charge in [-0.3, -0.25) is 19.3 Å². The molecule has 2 N–H and O–H groups in total. The topological polar surface area (TPSA) is 126 Å². The summed E-state index contributed by atoms with van der Waals surface area (Å²) in [4.78, 5) is 44.6. The number of aromatic nitrogens is 1. The third-order valence-electron chi connectivity index (χ3n) is 5.30. The van der Waals surface area contributed by atoms with Crippen molar-refractivity contribution in [3.63, 3.8) is 0 Å². The smallest absolute Gasteiger partial charge is 0.262 e. The lowest BCUT2D eigenvalue weighted by Gasteiger charge is -2.26. The number of rotatable bonds is 7. The number of thiazole rings is 1. The number of nitrogens with zero attached hydrogens (tertiary/aromatic N) is 2. The van der Waals surface area contributed by atoms with E-state index in [9.17, 15) is 22.8 Å². The van der Waals surface area contributed by atoms with E-state index in [0.29, 0.717) is 10.2 Å². The fourth-order valence-corrected chi connectivity index (χ4v) is 5.44. The van der Waals surface area contributed by atoms with Gasteiger partial charge >= 0.3 is 0 Å². The first-order valence-corrected chi connectivity index (χ1v) is 12.5. The summed E-state index contributed by atoms with van der Waals surface area (Å²) < 4.78 is 26.9. The molecule has 0 aliphatic carbocycles. The number of hydrogen-bond donors (Lipinski definition) is 2. The fraction of sp³-hybridized carbons (Fsp3) is 0.273. The Balaban J connectivity index is 1.63. The second-order valence-electron chi connectivity index (χ2n) is 8.02. The molecule has 1 aromatic heterocycles. The summed E-state index contributed by atoms with van der Waals surface area (Å²) in [5.74, 6) is -1.49. The van der Waals surface area contributed by atoms with Crippen LogP contribution in [0.5, 0.6) is 0 Å². The maximum Gasteiger partial charge on any atom is 0.262 e. The molecule has 3 amide bonds. The van der Waals surface area contributed by atoms with Gasteiger partial charge in [0.15, 0.2) is 5.13 Å². The largest absolute Gasteiger partial charge is 0.300 e. The minimum absolute atomic E-state index is 0.0368. The van der Waals surface area contributed by atoms with Gasteiger partial charge in [0.25, 0.3) is 11.8 Å². The SMILES string of the molecule is CNS(=O)(=O)c1ccc2nc(NC(=O)C(CC(C)C)N3C(=O)c4ccccc4C3=O)sc2c1. The number of nitrogens with one attached hydrogen (secondary N) is 2. The van der Waals surface area contributed by atoms with E-state index >= 15 is 0 Å². The van der Waals surface area contributed by atoms with Gasteiger partial charge in [-0.25, -0.2) is 18.1 Å². The summed E-state index contributed by atoms with van der Waals surface area (Å²) in [7, 11) is -2.29. The molecule has 0 spiro atoms. The van der Waals surface area contributed by atoms with Crippen molar-refractivity contribution in [2.24, 2.45) is 5.92 Å². The normalized spacial score (nSPS) is 14.7. The summed E-state index contributed by atoms with van der Waals surface area (Å²) in [5, 5.41) is 2.96. The van der Waals surface area contributed by atoms with E-state index in [1.54, 1.807) is 30.3 Å². The lowest BCUT2D eigenvalue weighted by Crippen LogP contribution is -2.47. The summed E-state index contributed by atoms with van der Waals surface area (Å²) in [6.45, 7) is 3.81. The van der Waals surface area contributed by atoms with Gasteiger partial charge < -0.3 is 5.32 Å². The number of fused-ring (bicyclic) bond motifs is 2. The van der Waals surface area contributed by atoms with Crippen LogP contribution in [0.3, 0.4) is 0 Å².